The number of rotatable bonds is 8. The second-order valence-corrected chi connectivity index (χ2v) is 6.46. The average Bonchev–Trinajstić information content (AvgIpc) is 3.35. The number of aryl methyl sites for hydroxylation is 2. The maximum atomic E-state index is 12.7. The molecule has 0 aliphatic heterocycles. The maximum Gasteiger partial charge on any atom is 0.240 e. The van der Waals surface area contributed by atoms with E-state index >= 15 is 0 Å². The number of unbranched alkanes of at least 4 members (excludes halogenated alkanes) is 2. The molecule has 0 radical (unpaired) electrons. The van der Waals surface area contributed by atoms with Gasteiger partial charge in [-0.3, -0.25) is 9.59 Å². The van der Waals surface area contributed by atoms with E-state index in [-0.39, 0.29) is 11.8 Å². The van der Waals surface area contributed by atoms with E-state index in [9.17, 15) is 9.59 Å². The molecule has 2 N–H and O–H groups in total. The fourth-order valence-electron chi connectivity index (χ4n) is 2.86. The van der Waals surface area contributed by atoms with Crippen molar-refractivity contribution in [1.82, 2.24) is 5.32 Å². The van der Waals surface area contributed by atoms with Crippen LogP contribution in [0.5, 0.6) is 0 Å². The van der Waals surface area contributed by atoms with Gasteiger partial charge in [0.15, 0.2) is 0 Å². The Bertz CT molecular complexity index is 577. The van der Waals surface area contributed by atoms with Crippen molar-refractivity contribution in [2.24, 2.45) is 5.41 Å². The van der Waals surface area contributed by atoms with Gasteiger partial charge < -0.3 is 10.6 Å². The Morgan fingerprint density at radius 2 is 1.87 bits per heavy atom. The van der Waals surface area contributed by atoms with E-state index in [1.165, 1.54) is 0 Å². The first kappa shape index (κ1) is 17.5. The molecule has 126 valence electrons. The van der Waals surface area contributed by atoms with Crippen LogP contribution >= 0.6 is 0 Å². The quantitative estimate of drug-likeness (QED) is 0.569. The number of amides is 2. The van der Waals surface area contributed by atoms with Crippen LogP contribution in [0, 0.1) is 12.3 Å². The van der Waals surface area contributed by atoms with Crippen LogP contribution in [0.15, 0.2) is 18.2 Å². The molecule has 1 fully saturated rings. The number of anilines is 1. The third kappa shape index (κ3) is 3.92. The largest absolute Gasteiger partial charge is 0.355 e. The summed E-state index contributed by atoms with van der Waals surface area (Å²) in [5, 5.41) is 5.95. The van der Waals surface area contributed by atoms with Crippen molar-refractivity contribution in [3.8, 4) is 0 Å². The van der Waals surface area contributed by atoms with Gasteiger partial charge in [0.25, 0.3) is 0 Å². The highest BCUT2D eigenvalue weighted by Crippen LogP contribution is 2.47. The first-order valence-corrected chi connectivity index (χ1v) is 8.73. The third-order valence-corrected chi connectivity index (χ3v) is 4.66. The van der Waals surface area contributed by atoms with Crippen LogP contribution in [-0.4, -0.2) is 18.4 Å². The fourth-order valence-corrected chi connectivity index (χ4v) is 2.86. The van der Waals surface area contributed by atoms with Gasteiger partial charge >= 0.3 is 0 Å². The van der Waals surface area contributed by atoms with Crippen molar-refractivity contribution in [2.75, 3.05) is 11.9 Å². The molecule has 1 aliphatic carbocycles. The Hall–Kier alpha value is -1.84. The topological polar surface area (TPSA) is 58.2 Å². The number of carbonyl (C=O) groups excluding carboxylic acids is 2. The van der Waals surface area contributed by atoms with Crippen LogP contribution in [0.3, 0.4) is 0 Å². The third-order valence-electron chi connectivity index (χ3n) is 4.66. The molecule has 2 rings (SSSR count). The first-order chi connectivity index (χ1) is 11.0. The minimum atomic E-state index is -0.848. The van der Waals surface area contributed by atoms with Gasteiger partial charge in [-0.1, -0.05) is 44.9 Å². The lowest BCUT2D eigenvalue weighted by Gasteiger charge is -2.18. The molecule has 0 heterocycles. The van der Waals surface area contributed by atoms with Gasteiger partial charge in [0.1, 0.15) is 5.41 Å². The molecule has 0 saturated heterocycles. The number of carbonyl (C=O) groups is 2. The van der Waals surface area contributed by atoms with Crippen molar-refractivity contribution in [2.45, 2.75) is 59.3 Å². The lowest BCUT2D eigenvalue weighted by Crippen LogP contribution is -2.40. The molecule has 23 heavy (non-hydrogen) atoms. The van der Waals surface area contributed by atoms with Crippen molar-refractivity contribution in [3.05, 3.63) is 29.3 Å². The van der Waals surface area contributed by atoms with Gasteiger partial charge in [-0.25, -0.2) is 0 Å². The minimum absolute atomic E-state index is 0.113. The zero-order chi connectivity index (χ0) is 16.9. The predicted molar refractivity (Wildman–Crippen MR) is 93.4 cm³/mol. The van der Waals surface area contributed by atoms with E-state index in [1.54, 1.807) is 0 Å². The van der Waals surface area contributed by atoms with Gasteiger partial charge in [-0.2, -0.15) is 0 Å². The van der Waals surface area contributed by atoms with Gasteiger partial charge in [-0.15, -0.1) is 0 Å². The standard InChI is InChI=1S/C19H28N2O2/c1-4-6-7-13-20-17(22)19(11-12-19)18(23)21-16-14(3)9-8-10-15(16)5-2/h8-10H,4-7,11-13H2,1-3H3,(H,20,22)(H,21,23). The Morgan fingerprint density at radius 1 is 1.13 bits per heavy atom. The molecule has 4 heteroatoms. The lowest BCUT2D eigenvalue weighted by atomic mass is 10.0. The molecule has 0 aromatic heterocycles. The zero-order valence-electron chi connectivity index (χ0n) is 14.5. The molecular formula is C19H28N2O2. The summed E-state index contributed by atoms with van der Waals surface area (Å²) >= 11 is 0. The summed E-state index contributed by atoms with van der Waals surface area (Å²) in [6, 6.07) is 6.00. The summed E-state index contributed by atoms with van der Waals surface area (Å²) in [7, 11) is 0. The summed E-state index contributed by atoms with van der Waals surface area (Å²) in [5.41, 5.74) is 2.17. The molecule has 0 bridgehead atoms. The maximum absolute atomic E-state index is 12.7. The van der Waals surface area contributed by atoms with Gasteiger partial charge in [0.05, 0.1) is 0 Å². The summed E-state index contributed by atoms with van der Waals surface area (Å²) in [6.07, 6.45) is 5.33. The Kier molecular flexibility index (Phi) is 5.80. The van der Waals surface area contributed by atoms with E-state index in [2.05, 4.69) is 24.5 Å². The van der Waals surface area contributed by atoms with E-state index in [0.717, 1.165) is 42.5 Å². The van der Waals surface area contributed by atoms with Gasteiger partial charge in [-0.05, 0) is 43.7 Å². The SMILES string of the molecule is CCCCCNC(=O)C1(C(=O)Nc2c(C)cccc2CC)CC1. The number of nitrogens with one attached hydrogen (secondary N) is 2. The zero-order valence-corrected chi connectivity index (χ0v) is 14.5. The molecule has 1 aromatic rings. The Morgan fingerprint density at radius 3 is 2.48 bits per heavy atom. The van der Waals surface area contributed by atoms with Crippen LogP contribution in [-0.2, 0) is 16.0 Å². The predicted octanol–water partition coefficient (Wildman–Crippen LogP) is 3.58. The highest BCUT2D eigenvalue weighted by atomic mass is 16.2. The molecule has 4 nitrogen and oxygen atoms in total. The lowest BCUT2D eigenvalue weighted by molar-refractivity contribution is -0.134. The van der Waals surface area contributed by atoms with Crippen LogP contribution < -0.4 is 10.6 Å². The smallest absolute Gasteiger partial charge is 0.240 e. The summed E-state index contributed by atoms with van der Waals surface area (Å²) in [4.78, 5) is 25.1. The second kappa shape index (κ2) is 7.62. The first-order valence-electron chi connectivity index (χ1n) is 8.73. The van der Waals surface area contributed by atoms with Crippen LogP contribution in [0.2, 0.25) is 0 Å². The number of hydrogen-bond donors (Lipinski definition) is 2. The Labute approximate surface area is 139 Å². The Balaban J connectivity index is 2.01. The van der Waals surface area contributed by atoms with Crippen molar-refractivity contribution in [3.63, 3.8) is 0 Å². The molecule has 1 aromatic carbocycles. The van der Waals surface area contributed by atoms with Crippen molar-refractivity contribution < 1.29 is 9.59 Å². The average molecular weight is 316 g/mol. The van der Waals surface area contributed by atoms with Crippen LogP contribution in [0.4, 0.5) is 5.69 Å². The van der Waals surface area contributed by atoms with Crippen molar-refractivity contribution in [1.29, 1.82) is 0 Å². The number of para-hydroxylation sites is 1. The normalized spacial score (nSPS) is 15.1. The molecule has 0 unspecified atom stereocenters. The number of benzene rings is 1. The van der Waals surface area contributed by atoms with E-state index < -0.39 is 5.41 Å². The molecule has 0 spiro atoms. The van der Waals surface area contributed by atoms with Crippen molar-refractivity contribution >= 4 is 17.5 Å². The summed E-state index contributed by atoms with van der Waals surface area (Å²) in [6.45, 7) is 6.84. The van der Waals surface area contributed by atoms with Crippen LogP contribution in [0.25, 0.3) is 0 Å². The molecule has 1 aliphatic rings. The second-order valence-electron chi connectivity index (χ2n) is 6.46. The minimum Gasteiger partial charge on any atom is -0.355 e. The molecular weight excluding hydrogens is 288 g/mol. The molecule has 2 amide bonds. The number of hydrogen-bond acceptors (Lipinski definition) is 2. The van der Waals surface area contributed by atoms with E-state index in [1.807, 2.05) is 25.1 Å². The highest BCUT2D eigenvalue weighted by Gasteiger charge is 2.56. The molecule has 1 saturated carbocycles. The van der Waals surface area contributed by atoms with Gasteiger partial charge in [0.2, 0.25) is 11.8 Å². The van der Waals surface area contributed by atoms with Gasteiger partial charge in [0, 0.05) is 12.2 Å². The fraction of sp³-hybridized carbons (Fsp3) is 0.579. The summed E-state index contributed by atoms with van der Waals surface area (Å²) in [5.74, 6) is -0.271. The molecule has 0 atom stereocenters. The van der Waals surface area contributed by atoms with E-state index in [0.29, 0.717) is 19.4 Å². The summed E-state index contributed by atoms with van der Waals surface area (Å²) < 4.78 is 0. The monoisotopic (exact) mass is 316 g/mol. The van der Waals surface area contributed by atoms with Crippen LogP contribution in [0.1, 0.15) is 57.1 Å². The van der Waals surface area contributed by atoms with E-state index in [4.69, 9.17) is 0 Å². The highest BCUT2D eigenvalue weighted by molar-refractivity contribution is 6.13.